The number of rotatable bonds is 4. The summed E-state index contributed by atoms with van der Waals surface area (Å²) < 4.78 is -1.97. The predicted octanol–water partition coefficient (Wildman–Crippen LogP) is 5.37. The topological polar surface area (TPSA) is 0 Å². The minimum atomic E-state index is -1.42. The van der Waals surface area contributed by atoms with E-state index in [-0.39, 0.29) is 0 Å². The van der Waals surface area contributed by atoms with E-state index in [9.17, 15) is 0 Å². The van der Waals surface area contributed by atoms with Crippen molar-refractivity contribution in [1.29, 1.82) is 0 Å². The first-order valence-corrected chi connectivity index (χ1v) is 7.16. The van der Waals surface area contributed by atoms with Crippen LogP contribution in [-0.2, 0) is 0 Å². The summed E-state index contributed by atoms with van der Waals surface area (Å²) >= 11 is 24.2. The van der Waals surface area contributed by atoms with Crippen LogP contribution in [0.5, 0.6) is 0 Å². The summed E-state index contributed by atoms with van der Waals surface area (Å²) in [5.74, 6) is 0.705. The van der Waals surface area contributed by atoms with Crippen molar-refractivity contribution < 1.29 is 0 Å². The van der Waals surface area contributed by atoms with Gasteiger partial charge < -0.3 is 0 Å². The van der Waals surface area contributed by atoms with E-state index in [1.165, 1.54) is 11.8 Å². The number of hydrogen-bond donors (Lipinski definition) is 0. The molecule has 1 aromatic carbocycles. The van der Waals surface area contributed by atoms with Crippen LogP contribution in [0.3, 0.4) is 0 Å². The molecule has 0 aliphatic heterocycles. The van der Waals surface area contributed by atoms with E-state index < -0.39 is 8.50 Å². The maximum atomic E-state index is 5.87. The number of halogens is 4. The van der Waals surface area contributed by atoms with Crippen molar-refractivity contribution in [3.05, 3.63) is 42.0 Å². The Kier molecular flexibility index (Phi) is 6.38. The molecule has 0 aliphatic rings. The Morgan fingerprint density at radius 2 is 1.81 bits per heavy atom. The zero-order valence-electron chi connectivity index (χ0n) is 8.25. The zero-order chi connectivity index (χ0) is 12.0. The van der Waals surface area contributed by atoms with Crippen LogP contribution >= 0.6 is 58.2 Å². The standard InChI is InChI=1S/C11H10Cl4S/c12-10(11(13,14)15)16-8-4-7-9-5-2-1-3-6-9/h1-7,10H,8H2/b7-4+. The first-order chi connectivity index (χ1) is 7.50. The van der Waals surface area contributed by atoms with Gasteiger partial charge in [0.15, 0.2) is 0 Å². The smallest absolute Gasteiger partial charge is 0.134 e. The lowest BCUT2D eigenvalue weighted by Gasteiger charge is -2.16. The van der Waals surface area contributed by atoms with Crippen LogP contribution in [0.15, 0.2) is 36.4 Å². The maximum absolute atomic E-state index is 5.87. The van der Waals surface area contributed by atoms with Crippen LogP contribution in [0.2, 0.25) is 0 Å². The lowest BCUT2D eigenvalue weighted by Crippen LogP contribution is -2.15. The highest BCUT2D eigenvalue weighted by Gasteiger charge is 2.30. The fraction of sp³-hybridized carbons (Fsp3) is 0.273. The Morgan fingerprint density at radius 3 is 2.38 bits per heavy atom. The summed E-state index contributed by atoms with van der Waals surface area (Å²) in [6.07, 6.45) is 4.00. The maximum Gasteiger partial charge on any atom is 0.215 e. The van der Waals surface area contributed by atoms with Gasteiger partial charge in [0.25, 0.3) is 0 Å². The lowest BCUT2D eigenvalue weighted by atomic mass is 10.2. The highest BCUT2D eigenvalue weighted by molar-refractivity contribution is 8.01. The molecule has 0 nitrogen and oxygen atoms in total. The quantitative estimate of drug-likeness (QED) is 0.673. The highest BCUT2D eigenvalue weighted by Crippen LogP contribution is 2.39. The van der Waals surface area contributed by atoms with Gasteiger partial charge in [0.2, 0.25) is 3.79 Å². The second kappa shape index (κ2) is 7.03. The van der Waals surface area contributed by atoms with Gasteiger partial charge >= 0.3 is 0 Å². The summed E-state index contributed by atoms with van der Waals surface area (Å²) in [7, 11) is 0. The lowest BCUT2D eigenvalue weighted by molar-refractivity contribution is 1.20. The molecule has 1 unspecified atom stereocenters. The molecule has 0 radical (unpaired) electrons. The Hall–Kier alpha value is 0.470. The highest BCUT2D eigenvalue weighted by atomic mass is 35.6. The molecule has 0 fully saturated rings. The Morgan fingerprint density at radius 1 is 1.19 bits per heavy atom. The molecule has 0 saturated carbocycles. The second-order valence-electron chi connectivity index (χ2n) is 3.00. The zero-order valence-corrected chi connectivity index (χ0v) is 12.1. The van der Waals surface area contributed by atoms with E-state index in [1.54, 1.807) is 0 Å². The van der Waals surface area contributed by atoms with Gasteiger partial charge in [0, 0.05) is 5.75 Å². The molecule has 5 heteroatoms. The number of benzene rings is 1. The fourth-order valence-electron chi connectivity index (χ4n) is 0.983. The molecule has 1 atom stereocenters. The molecule has 0 spiro atoms. The van der Waals surface area contributed by atoms with Crippen LogP contribution in [0.1, 0.15) is 5.56 Å². The molecule has 0 aliphatic carbocycles. The minimum Gasteiger partial charge on any atom is -0.134 e. The normalized spacial score (nSPS) is 14.2. The van der Waals surface area contributed by atoms with Crippen molar-refractivity contribution >= 4 is 64.2 Å². The summed E-state index contributed by atoms with van der Waals surface area (Å²) in [5.41, 5.74) is 1.14. The fourth-order valence-corrected chi connectivity index (χ4v) is 2.33. The monoisotopic (exact) mass is 314 g/mol. The van der Waals surface area contributed by atoms with Crippen LogP contribution in [0.4, 0.5) is 0 Å². The molecule has 0 N–H and O–H groups in total. The van der Waals surface area contributed by atoms with E-state index in [0.717, 1.165) is 5.56 Å². The van der Waals surface area contributed by atoms with E-state index in [4.69, 9.17) is 46.4 Å². The van der Waals surface area contributed by atoms with E-state index in [0.29, 0.717) is 5.75 Å². The number of hydrogen-bond acceptors (Lipinski definition) is 1. The third-order valence-corrected chi connectivity index (χ3v) is 4.82. The summed E-state index contributed by atoms with van der Waals surface area (Å²) in [5, 5.41) is 0. The molecule has 0 bridgehead atoms. The van der Waals surface area contributed by atoms with E-state index in [2.05, 4.69) is 0 Å². The Balaban J connectivity index is 2.34. The minimum absolute atomic E-state index is 0.544. The van der Waals surface area contributed by atoms with Crippen LogP contribution in [0, 0.1) is 0 Å². The van der Waals surface area contributed by atoms with Crippen molar-refractivity contribution in [3.63, 3.8) is 0 Å². The van der Waals surface area contributed by atoms with Gasteiger partial charge in [0.1, 0.15) is 4.71 Å². The van der Waals surface area contributed by atoms with Gasteiger partial charge in [-0.1, -0.05) is 77.3 Å². The van der Waals surface area contributed by atoms with Crippen LogP contribution < -0.4 is 0 Å². The SMILES string of the molecule is ClC(SC/C=C/c1ccccc1)C(Cl)(Cl)Cl. The number of alkyl halides is 4. The van der Waals surface area contributed by atoms with Gasteiger partial charge in [-0.3, -0.25) is 0 Å². The van der Waals surface area contributed by atoms with Gasteiger partial charge in [-0.05, 0) is 5.56 Å². The summed E-state index contributed by atoms with van der Waals surface area (Å²) in [6, 6.07) is 9.99. The molecular formula is C11H10Cl4S. The largest absolute Gasteiger partial charge is 0.215 e. The van der Waals surface area contributed by atoms with Crippen molar-refractivity contribution in [2.24, 2.45) is 0 Å². The molecule has 0 saturated heterocycles. The third-order valence-electron chi connectivity index (χ3n) is 1.71. The molecular weight excluding hydrogens is 306 g/mol. The third kappa shape index (κ3) is 5.70. The van der Waals surface area contributed by atoms with E-state index >= 15 is 0 Å². The molecule has 0 aromatic heterocycles. The molecule has 16 heavy (non-hydrogen) atoms. The van der Waals surface area contributed by atoms with Crippen molar-refractivity contribution in [2.45, 2.75) is 8.50 Å². The average Bonchev–Trinajstić information content (AvgIpc) is 2.24. The number of thioether (sulfide) groups is 1. The molecule has 1 aromatic rings. The van der Waals surface area contributed by atoms with Gasteiger partial charge in [-0.25, -0.2) is 0 Å². The van der Waals surface area contributed by atoms with Gasteiger partial charge in [0.05, 0.1) is 0 Å². The van der Waals surface area contributed by atoms with Gasteiger partial charge in [-0.15, -0.1) is 23.4 Å². The van der Waals surface area contributed by atoms with Crippen molar-refractivity contribution in [3.8, 4) is 0 Å². The van der Waals surface area contributed by atoms with Crippen LogP contribution in [0.25, 0.3) is 6.08 Å². The van der Waals surface area contributed by atoms with Crippen LogP contribution in [-0.4, -0.2) is 14.3 Å². The first-order valence-electron chi connectivity index (χ1n) is 4.54. The summed E-state index contributed by atoms with van der Waals surface area (Å²) in [4.78, 5) is 0. The molecule has 1 rings (SSSR count). The average molecular weight is 316 g/mol. The van der Waals surface area contributed by atoms with Crippen molar-refractivity contribution in [1.82, 2.24) is 0 Å². The Bertz CT molecular complexity index is 332. The second-order valence-corrected chi connectivity index (χ2v) is 7.21. The summed E-state index contributed by atoms with van der Waals surface area (Å²) in [6.45, 7) is 0. The molecule has 0 amide bonds. The molecule has 88 valence electrons. The first kappa shape index (κ1) is 14.5. The predicted molar refractivity (Wildman–Crippen MR) is 77.9 cm³/mol. The van der Waals surface area contributed by atoms with Crippen molar-refractivity contribution in [2.75, 3.05) is 5.75 Å². The van der Waals surface area contributed by atoms with E-state index in [1.807, 2.05) is 42.5 Å². The Labute approximate surface area is 120 Å². The molecule has 0 heterocycles. The van der Waals surface area contributed by atoms with Gasteiger partial charge in [-0.2, -0.15) is 0 Å².